The molecular weight excluding hydrogens is 298 g/mol. The van der Waals surface area contributed by atoms with E-state index in [9.17, 15) is 4.79 Å². The number of hydrogen-bond donors (Lipinski definition) is 1. The lowest BCUT2D eigenvalue weighted by Gasteiger charge is -2.36. The molecule has 0 aliphatic heterocycles. The number of carbonyl (C=O) groups is 1. The molecule has 1 heterocycles. The summed E-state index contributed by atoms with van der Waals surface area (Å²) in [5.41, 5.74) is 2.07. The van der Waals surface area contributed by atoms with Crippen molar-refractivity contribution in [2.45, 2.75) is 50.4 Å². The number of hydrogen-bond acceptors (Lipinski definition) is 2. The van der Waals surface area contributed by atoms with Gasteiger partial charge in [-0.3, -0.25) is 9.48 Å². The summed E-state index contributed by atoms with van der Waals surface area (Å²) in [6, 6.07) is 10.3. The van der Waals surface area contributed by atoms with Crippen molar-refractivity contribution in [2.75, 3.05) is 6.54 Å². The first kappa shape index (κ1) is 16.7. The zero-order valence-electron chi connectivity index (χ0n) is 14.5. The molecular formula is C20H27N3O. The number of nitrogens with zero attached hydrogens (tertiary/aromatic N) is 2. The quantitative estimate of drug-likeness (QED) is 0.828. The Morgan fingerprint density at radius 1 is 1.21 bits per heavy atom. The average molecular weight is 325 g/mol. The van der Waals surface area contributed by atoms with Gasteiger partial charge in [0.1, 0.15) is 0 Å². The summed E-state index contributed by atoms with van der Waals surface area (Å²) in [5, 5.41) is 7.39. The molecule has 0 unspecified atom stereocenters. The molecule has 1 fully saturated rings. The summed E-state index contributed by atoms with van der Waals surface area (Å²) >= 11 is 0. The molecule has 1 aliphatic rings. The van der Waals surface area contributed by atoms with E-state index in [0.29, 0.717) is 0 Å². The third-order valence-electron chi connectivity index (χ3n) is 5.15. The number of nitrogens with one attached hydrogen (secondary N) is 1. The fourth-order valence-corrected chi connectivity index (χ4v) is 3.82. The maximum atomic E-state index is 13.0. The smallest absolute Gasteiger partial charge is 0.230 e. The summed E-state index contributed by atoms with van der Waals surface area (Å²) in [6.45, 7) is 0.725. The molecule has 2 aromatic rings. The van der Waals surface area contributed by atoms with Crippen LogP contribution in [0.4, 0.5) is 0 Å². The van der Waals surface area contributed by atoms with Crippen molar-refractivity contribution >= 4 is 5.91 Å². The van der Waals surface area contributed by atoms with E-state index in [1.165, 1.54) is 17.5 Å². The van der Waals surface area contributed by atoms with Crippen LogP contribution >= 0.6 is 0 Å². The Kier molecular flexibility index (Phi) is 5.34. The number of rotatable bonds is 6. The molecule has 1 aromatic heterocycles. The molecule has 24 heavy (non-hydrogen) atoms. The average Bonchev–Trinajstić information content (AvgIpc) is 3.05. The molecule has 0 atom stereocenters. The van der Waals surface area contributed by atoms with Gasteiger partial charge in [0, 0.05) is 19.8 Å². The predicted molar refractivity (Wildman–Crippen MR) is 95.7 cm³/mol. The predicted octanol–water partition coefficient (Wildman–Crippen LogP) is 3.37. The maximum Gasteiger partial charge on any atom is 0.230 e. The summed E-state index contributed by atoms with van der Waals surface area (Å²) in [6.07, 6.45) is 11.3. The molecule has 4 heteroatoms. The topological polar surface area (TPSA) is 46.9 Å². The number of benzene rings is 1. The van der Waals surface area contributed by atoms with Crippen LogP contribution in [0.2, 0.25) is 0 Å². The minimum absolute atomic E-state index is 0.208. The van der Waals surface area contributed by atoms with Crippen molar-refractivity contribution in [3.05, 3.63) is 53.9 Å². The van der Waals surface area contributed by atoms with Gasteiger partial charge in [-0.05, 0) is 36.8 Å². The molecule has 1 N–H and O–H groups in total. The van der Waals surface area contributed by atoms with Gasteiger partial charge in [-0.1, -0.05) is 49.6 Å². The Balaban J connectivity index is 1.60. The van der Waals surface area contributed by atoms with Gasteiger partial charge in [0.2, 0.25) is 5.91 Å². The first-order valence-electron chi connectivity index (χ1n) is 9.02. The van der Waals surface area contributed by atoms with Crippen LogP contribution in [0.5, 0.6) is 0 Å². The molecule has 0 saturated heterocycles. The summed E-state index contributed by atoms with van der Waals surface area (Å²) in [7, 11) is 1.93. The molecule has 1 aromatic carbocycles. The molecule has 0 radical (unpaired) electrons. The zero-order chi connectivity index (χ0) is 16.8. The Bertz CT molecular complexity index is 657. The highest BCUT2D eigenvalue weighted by atomic mass is 16.2. The van der Waals surface area contributed by atoms with Crippen LogP contribution in [0.15, 0.2) is 42.7 Å². The lowest BCUT2D eigenvalue weighted by molar-refractivity contribution is -0.128. The van der Waals surface area contributed by atoms with Crippen molar-refractivity contribution < 1.29 is 4.79 Å². The van der Waals surface area contributed by atoms with Crippen LogP contribution in [0.25, 0.3) is 0 Å². The Hall–Kier alpha value is -2.10. The highest BCUT2D eigenvalue weighted by Gasteiger charge is 2.40. The minimum Gasteiger partial charge on any atom is -0.355 e. The molecule has 1 saturated carbocycles. The Labute approximate surface area is 144 Å². The van der Waals surface area contributed by atoms with Crippen molar-refractivity contribution in [1.82, 2.24) is 15.1 Å². The van der Waals surface area contributed by atoms with E-state index >= 15 is 0 Å². The lowest BCUT2D eigenvalue weighted by atomic mass is 9.68. The molecule has 0 spiro atoms. The molecule has 3 rings (SSSR count). The monoisotopic (exact) mass is 325 g/mol. The molecule has 1 amide bonds. The van der Waals surface area contributed by atoms with Crippen molar-refractivity contribution in [3.63, 3.8) is 0 Å². The van der Waals surface area contributed by atoms with Gasteiger partial charge in [0.05, 0.1) is 11.6 Å². The molecule has 1 aliphatic carbocycles. The van der Waals surface area contributed by atoms with Crippen molar-refractivity contribution in [1.29, 1.82) is 0 Å². The fourth-order valence-electron chi connectivity index (χ4n) is 3.82. The van der Waals surface area contributed by atoms with Gasteiger partial charge in [-0.25, -0.2) is 0 Å². The van der Waals surface area contributed by atoms with E-state index in [-0.39, 0.29) is 11.3 Å². The lowest BCUT2D eigenvalue weighted by Crippen LogP contribution is -2.46. The van der Waals surface area contributed by atoms with E-state index in [2.05, 4.69) is 22.5 Å². The van der Waals surface area contributed by atoms with E-state index in [1.807, 2.05) is 42.3 Å². The third kappa shape index (κ3) is 3.69. The minimum atomic E-state index is -0.326. The summed E-state index contributed by atoms with van der Waals surface area (Å²) in [5.74, 6) is 0.208. The van der Waals surface area contributed by atoms with E-state index in [1.54, 1.807) is 0 Å². The molecule has 0 bridgehead atoms. The Morgan fingerprint density at radius 3 is 2.62 bits per heavy atom. The van der Waals surface area contributed by atoms with Crippen LogP contribution in [-0.2, 0) is 23.7 Å². The van der Waals surface area contributed by atoms with E-state index < -0.39 is 0 Å². The second-order valence-corrected chi connectivity index (χ2v) is 6.89. The third-order valence-corrected chi connectivity index (χ3v) is 5.15. The summed E-state index contributed by atoms with van der Waals surface area (Å²) in [4.78, 5) is 13.0. The number of aromatic nitrogens is 2. The van der Waals surface area contributed by atoms with Gasteiger partial charge < -0.3 is 5.32 Å². The highest BCUT2D eigenvalue weighted by Crippen LogP contribution is 2.39. The van der Waals surface area contributed by atoms with Crippen LogP contribution < -0.4 is 5.32 Å². The number of aryl methyl sites for hydroxylation is 2. The highest BCUT2D eigenvalue weighted by molar-refractivity contribution is 5.88. The van der Waals surface area contributed by atoms with Gasteiger partial charge >= 0.3 is 0 Å². The van der Waals surface area contributed by atoms with Crippen LogP contribution in [-0.4, -0.2) is 22.2 Å². The zero-order valence-corrected chi connectivity index (χ0v) is 14.5. The van der Waals surface area contributed by atoms with Crippen molar-refractivity contribution in [2.24, 2.45) is 7.05 Å². The number of carbonyl (C=O) groups excluding carboxylic acids is 1. The Morgan fingerprint density at radius 2 is 1.96 bits per heavy atom. The standard InChI is InChI=1S/C20H27N3O/c1-23-16-17(15-22-23)9-8-14-21-19(24)20(12-6-3-7-13-20)18-10-4-2-5-11-18/h2,4-5,10-11,15-16H,3,6-9,12-14H2,1H3,(H,21,24). The van der Waals surface area contributed by atoms with E-state index in [0.717, 1.165) is 45.1 Å². The maximum absolute atomic E-state index is 13.0. The summed E-state index contributed by atoms with van der Waals surface area (Å²) < 4.78 is 1.82. The molecule has 4 nitrogen and oxygen atoms in total. The number of amides is 1. The molecule has 128 valence electrons. The van der Waals surface area contributed by atoms with Gasteiger partial charge in [0.25, 0.3) is 0 Å². The SMILES string of the molecule is Cn1cc(CCCNC(=O)C2(c3ccccc3)CCCCC2)cn1. The van der Waals surface area contributed by atoms with Crippen LogP contribution in [0.1, 0.15) is 49.7 Å². The normalized spacial score (nSPS) is 16.7. The van der Waals surface area contributed by atoms with Gasteiger partial charge in [0.15, 0.2) is 0 Å². The second kappa shape index (κ2) is 7.65. The fraction of sp³-hybridized carbons (Fsp3) is 0.500. The van der Waals surface area contributed by atoms with Gasteiger partial charge in [-0.15, -0.1) is 0 Å². The van der Waals surface area contributed by atoms with Crippen LogP contribution in [0.3, 0.4) is 0 Å². The van der Waals surface area contributed by atoms with Crippen molar-refractivity contribution in [3.8, 4) is 0 Å². The second-order valence-electron chi connectivity index (χ2n) is 6.89. The largest absolute Gasteiger partial charge is 0.355 e. The van der Waals surface area contributed by atoms with Crippen LogP contribution in [0, 0.1) is 0 Å². The van der Waals surface area contributed by atoms with Gasteiger partial charge in [-0.2, -0.15) is 5.10 Å². The first-order chi connectivity index (χ1) is 11.7. The first-order valence-corrected chi connectivity index (χ1v) is 9.02. The van der Waals surface area contributed by atoms with E-state index in [4.69, 9.17) is 0 Å².